The van der Waals surface area contributed by atoms with Crippen molar-refractivity contribution in [3.8, 4) is 0 Å². The summed E-state index contributed by atoms with van der Waals surface area (Å²) in [6, 6.07) is 33.0. The second-order valence-electron chi connectivity index (χ2n) is 6.54. The van der Waals surface area contributed by atoms with Crippen molar-refractivity contribution in [1.29, 1.82) is 0 Å². The predicted octanol–water partition coefficient (Wildman–Crippen LogP) is 6.01. The molecule has 4 rings (SSSR count). The van der Waals surface area contributed by atoms with Crippen molar-refractivity contribution in [3.05, 3.63) is 109 Å². The third-order valence-electron chi connectivity index (χ3n) is 4.41. The van der Waals surface area contributed by atoms with Gasteiger partial charge in [0.2, 0.25) is 9.84 Å². The Balaban J connectivity index is 1.62. The van der Waals surface area contributed by atoms with Gasteiger partial charge >= 0.3 is 0 Å². The van der Waals surface area contributed by atoms with Crippen LogP contribution in [0.3, 0.4) is 0 Å². The van der Waals surface area contributed by atoms with Gasteiger partial charge in [0.15, 0.2) is 0 Å². The summed E-state index contributed by atoms with van der Waals surface area (Å²) >= 11 is 0. The molecule has 0 fully saturated rings. The standard InChI is InChI=1S/C24H20N2O2S/c27-29(28,23-15-7-13-21(17-23)25-19-9-3-1-4-10-19)24-16-8-14-22(18-24)26-20-11-5-2-6-12-20/h1-18,25-26H. The van der Waals surface area contributed by atoms with Gasteiger partial charge in [-0.1, -0.05) is 48.5 Å². The lowest BCUT2D eigenvalue weighted by molar-refractivity contribution is 0.596. The molecular weight excluding hydrogens is 380 g/mol. The van der Waals surface area contributed by atoms with E-state index in [4.69, 9.17) is 0 Å². The van der Waals surface area contributed by atoms with E-state index < -0.39 is 9.84 Å². The molecule has 0 aromatic heterocycles. The number of nitrogens with one attached hydrogen (secondary N) is 2. The Hall–Kier alpha value is -3.57. The SMILES string of the molecule is O=S(=O)(c1cccc(Nc2ccccc2)c1)c1cccc(Nc2ccccc2)c1. The normalized spacial score (nSPS) is 11.0. The summed E-state index contributed by atoms with van der Waals surface area (Å²) in [5.41, 5.74) is 3.24. The lowest BCUT2D eigenvalue weighted by Gasteiger charge is -2.11. The van der Waals surface area contributed by atoms with Gasteiger partial charge in [-0.25, -0.2) is 8.42 Å². The smallest absolute Gasteiger partial charge is 0.206 e. The van der Waals surface area contributed by atoms with Crippen molar-refractivity contribution in [1.82, 2.24) is 0 Å². The molecule has 29 heavy (non-hydrogen) atoms. The Kier molecular flexibility index (Phi) is 5.31. The van der Waals surface area contributed by atoms with E-state index in [0.29, 0.717) is 0 Å². The zero-order chi connectivity index (χ0) is 20.1. The molecule has 0 aliphatic heterocycles. The molecule has 4 aromatic rings. The Labute approximate surface area is 170 Å². The molecule has 2 N–H and O–H groups in total. The third kappa shape index (κ3) is 4.47. The van der Waals surface area contributed by atoms with Crippen LogP contribution in [0.15, 0.2) is 119 Å². The number of hydrogen-bond acceptors (Lipinski definition) is 4. The van der Waals surface area contributed by atoms with Crippen LogP contribution >= 0.6 is 0 Å². The van der Waals surface area contributed by atoms with Crippen molar-refractivity contribution in [2.75, 3.05) is 10.6 Å². The summed E-state index contributed by atoms with van der Waals surface area (Å²) in [6.45, 7) is 0. The fraction of sp³-hybridized carbons (Fsp3) is 0. The maximum Gasteiger partial charge on any atom is 0.206 e. The van der Waals surface area contributed by atoms with E-state index in [0.717, 1.165) is 22.7 Å². The van der Waals surface area contributed by atoms with Crippen molar-refractivity contribution in [2.45, 2.75) is 9.79 Å². The highest BCUT2D eigenvalue weighted by Crippen LogP contribution is 2.27. The minimum Gasteiger partial charge on any atom is -0.355 e. The lowest BCUT2D eigenvalue weighted by atomic mass is 10.2. The van der Waals surface area contributed by atoms with Gasteiger partial charge in [-0.2, -0.15) is 0 Å². The average molecular weight is 401 g/mol. The van der Waals surface area contributed by atoms with E-state index in [-0.39, 0.29) is 9.79 Å². The van der Waals surface area contributed by atoms with Crippen molar-refractivity contribution in [3.63, 3.8) is 0 Å². The van der Waals surface area contributed by atoms with Gasteiger partial charge in [0, 0.05) is 22.7 Å². The quantitative estimate of drug-likeness (QED) is 0.416. The molecule has 144 valence electrons. The van der Waals surface area contributed by atoms with E-state index in [9.17, 15) is 8.42 Å². The van der Waals surface area contributed by atoms with Crippen LogP contribution in [0.5, 0.6) is 0 Å². The highest BCUT2D eigenvalue weighted by atomic mass is 32.2. The van der Waals surface area contributed by atoms with Crippen LogP contribution in [-0.2, 0) is 9.84 Å². The number of sulfone groups is 1. The summed E-state index contributed by atoms with van der Waals surface area (Å²) in [5.74, 6) is 0. The Morgan fingerprint density at radius 1 is 0.448 bits per heavy atom. The number of anilines is 4. The van der Waals surface area contributed by atoms with Gasteiger partial charge in [-0.05, 0) is 60.7 Å². The number of para-hydroxylation sites is 2. The molecular formula is C24H20N2O2S. The largest absolute Gasteiger partial charge is 0.355 e. The molecule has 0 aliphatic rings. The van der Waals surface area contributed by atoms with Crippen molar-refractivity contribution in [2.24, 2.45) is 0 Å². The molecule has 0 aliphatic carbocycles. The van der Waals surface area contributed by atoms with Gasteiger partial charge in [0.05, 0.1) is 9.79 Å². The molecule has 0 saturated carbocycles. The van der Waals surface area contributed by atoms with E-state index in [1.165, 1.54) is 0 Å². The molecule has 0 atom stereocenters. The van der Waals surface area contributed by atoms with E-state index in [2.05, 4.69) is 10.6 Å². The number of benzene rings is 4. The van der Waals surface area contributed by atoms with E-state index >= 15 is 0 Å². The van der Waals surface area contributed by atoms with Gasteiger partial charge in [0.25, 0.3) is 0 Å². The molecule has 4 aromatic carbocycles. The topological polar surface area (TPSA) is 58.2 Å². The molecule has 0 saturated heterocycles. The third-order valence-corrected chi connectivity index (χ3v) is 6.16. The zero-order valence-corrected chi connectivity index (χ0v) is 16.4. The van der Waals surface area contributed by atoms with Crippen molar-refractivity contribution < 1.29 is 8.42 Å². The van der Waals surface area contributed by atoms with Gasteiger partial charge in [0.1, 0.15) is 0 Å². The van der Waals surface area contributed by atoms with Crippen molar-refractivity contribution >= 4 is 32.6 Å². The second kappa shape index (κ2) is 8.20. The summed E-state index contributed by atoms with van der Waals surface area (Å²) in [4.78, 5) is 0.491. The first-order chi connectivity index (χ1) is 14.1. The molecule has 5 heteroatoms. The fourth-order valence-electron chi connectivity index (χ4n) is 2.99. The lowest BCUT2D eigenvalue weighted by Crippen LogP contribution is -2.03. The summed E-state index contributed by atoms with van der Waals surface area (Å²) in [6.07, 6.45) is 0. The molecule has 0 amide bonds. The highest BCUT2D eigenvalue weighted by Gasteiger charge is 2.18. The van der Waals surface area contributed by atoms with Crippen LogP contribution in [0, 0.1) is 0 Å². The molecule has 4 nitrogen and oxygen atoms in total. The Morgan fingerprint density at radius 2 is 0.828 bits per heavy atom. The van der Waals surface area contributed by atoms with E-state index in [1.54, 1.807) is 36.4 Å². The van der Waals surface area contributed by atoms with Crippen LogP contribution in [0.1, 0.15) is 0 Å². The zero-order valence-electron chi connectivity index (χ0n) is 15.6. The molecule has 0 spiro atoms. The summed E-state index contributed by atoms with van der Waals surface area (Å²) in [5, 5.41) is 6.47. The molecule has 0 heterocycles. The summed E-state index contributed by atoms with van der Waals surface area (Å²) in [7, 11) is -3.65. The summed E-state index contributed by atoms with van der Waals surface area (Å²) < 4.78 is 26.4. The highest BCUT2D eigenvalue weighted by molar-refractivity contribution is 7.91. The first-order valence-electron chi connectivity index (χ1n) is 9.21. The van der Waals surface area contributed by atoms with Crippen LogP contribution in [0.4, 0.5) is 22.7 Å². The number of hydrogen-bond donors (Lipinski definition) is 2. The maximum absolute atomic E-state index is 13.2. The van der Waals surface area contributed by atoms with Crippen LogP contribution < -0.4 is 10.6 Å². The monoisotopic (exact) mass is 400 g/mol. The first-order valence-corrected chi connectivity index (χ1v) is 10.7. The predicted molar refractivity (Wildman–Crippen MR) is 118 cm³/mol. The van der Waals surface area contributed by atoms with Crippen LogP contribution in [0.2, 0.25) is 0 Å². The first kappa shape index (κ1) is 18.8. The number of rotatable bonds is 6. The van der Waals surface area contributed by atoms with Gasteiger partial charge < -0.3 is 10.6 Å². The maximum atomic E-state index is 13.2. The van der Waals surface area contributed by atoms with E-state index in [1.807, 2.05) is 72.8 Å². The minimum absolute atomic E-state index is 0.246. The molecule has 0 bridgehead atoms. The minimum atomic E-state index is -3.65. The van der Waals surface area contributed by atoms with Gasteiger partial charge in [-0.3, -0.25) is 0 Å². The van der Waals surface area contributed by atoms with Crippen LogP contribution in [-0.4, -0.2) is 8.42 Å². The Morgan fingerprint density at radius 3 is 1.24 bits per heavy atom. The Bertz CT molecular complexity index is 1120. The van der Waals surface area contributed by atoms with Crippen LogP contribution in [0.25, 0.3) is 0 Å². The molecule has 0 unspecified atom stereocenters. The fourth-order valence-corrected chi connectivity index (χ4v) is 4.35. The van der Waals surface area contributed by atoms with Gasteiger partial charge in [-0.15, -0.1) is 0 Å². The average Bonchev–Trinajstić information content (AvgIpc) is 2.76. The molecule has 0 radical (unpaired) electrons. The second-order valence-corrected chi connectivity index (χ2v) is 8.49.